The summed E-state index contributed by atoms with van der Waals surface area (Å²) >= 11 is 0. The predicted octanol–water partition coefficient (Wildman–Crippen LogP) is 4.47. The third-order valence-corrected chi connectivity index (χ3v) is 6.41. The van der Waals surface area contributed by atoms with Crippen molar-refractivity contribution in [2.75, 3.05) is 0 Å². The first kappa shape index (κ1) is 13.5. The highest BCUT2D eigenvalue weighted by Crippen LogP contribution is 2.64. The summed E-state index contributed by atoms with van der Waals surface area (Å²) in [5, 5.41) is 0.814. The predicted molar refractivity (Wildman–Crippen MR) is 71.7 cm³/mol. The molecule has 85 valence electrons. The Morgan fingerprint density at radius 3 is 1.47 bits per heavy atom. The summed E-state index contributed by atoms with van der Waals surface area (Å²) < 4.78 is 0. The minimum atomic E-state index is -0.0545. The summed E-state index contributed by atoms with van der Waals surface area (Å²) in [7, 11) is -0.0545. The van der Waals surface area contributed by atoms with E-state index in [1.807, 2.05) is 0 Å². The van der Waals surface area contributed by atoms with Gasteiger partial charge in [0, 0.05) is 0 Å². The first-order valence-electron chi connectivity index (χ1n) is 5.71. The zero-order chi connectivity index (χ0) is 11.7. The van der Waals surface area contributed by atoms with Gasteiger partial charge in [-0.2, -0.15) is 0 Å². The van der Waals surface area contributed by atoms with Crippen molar-refractivity contribution in [3.8, 4) is 0 Å². The first-order chi connectivity index (χ1) is 6.73. The maximum atomic E-state index is 2.38. The third-order valence-electron chi connectivity index (χ3n) is 2.58. The van der Waals surface area contributed by atoms with Crippen molar-refractivity contribution in [2.24, 2.45) is 0 Å². The molecule has 0 spiro atoms. The van der Waals surface area contributed by atoms with Crippen LogP contribution in [0.1, 0.15) is 41.5 Å². The van der Waals surface area contributed by atoms with Gasteiger partial charge < -0.3 is 0 Å². The minimum Gasteiger partial charge on any atom is -0.0918 e. The van der Waals surface area contributed by atoms with Crippen molar-refractivity contribution in [3.05, 3.63) is 32.1 Å². The van der Waals surface area contributed by atoms with E-state index in [1.165, 1.54) is 0 Å². The summed E-state index contributed by atoms with van der Waals surface area (Å²) in [6, 6.07) is 0. The van der Waals surface area contributed by atoms with Crippen molar-refractivity contribution in [3.63, 3.8) is 0 Å². The van der Waals surface area contributed by atoms with Crippen LogP contribution in [0, 0.1) is 32.1 Å². The monoisotopic (exact) mass is 223 g/mol. The third kappa shape index (κ3) is 3.74. The number of rotatable bonds is 1. The van der Waals surface area contributed by atoms with Crippen LogP contribution in [0.2, 0.25) is 0 Å². The molecule has 1 rings (SSSR count). The highest BCUT2D eigenvalue weighted by molar-refractivity contribution is 7.61. The molecular weight excluding hydrogens is 199 g/mol. The fourth-order valence-electron chi connectivity index (χ4n) is 2.56. The standard InChI is InChI=1S/C14H24P/c1-13(2,3)15(14(4,5)6)12-10-8-7-9-11-12/h7-12H,1-6H3. The van der Waals surface area contributed by atoms with Crippen LogP contribution in [0.15, 0.2) is 0 Å². The van der Waals surface area contributed by atoms with Crippen molar-refractivity contribution in [1.29, 1.82) is 0 Å². The summed E-state index contributed by atoms with van der Waals surface area (Å²) in [6.45, 7) is 14.3. The van der Waals surface area contributed by atoms with E-state index < -0.39 is 0 Å². The molecule has 0 bridgehead atoms. The Morgan fingerprint density at radius 1 is 0.733 bits per heavy atom. The lowest BCUT2D eigenvalue weighted by Gasteiger charge is -2.47. The molecule has 1 saturated carbocycles. The van der Waals surface area contributed by atoms with Gasteiger partial charge in [-0.1, -0.05) is 49.5 Å². The molecule has 0 aliphatic heterocycles. The lowest BCUT2D eigenvalue weighted by Crippen LogP contribution is -2.33. The maximum Gasteiger partial charge on any atom is -0.0131 e. The van der Waals surface area contributed by atoms with E-state index in [-0.39, 0.29) is 7.92 Å². The van der Waals surface area contributed by atoms with Crippen LogP contribution in [0.5, 0.6) is 0 Å². The van der Waals surface area contributed by atoms with Gasteiger partial charge in [-0.3, -0.25) is 0 Å². The molecule has 0 N–H and O–H groups in total. The van der Waals surface area contributed by atoms with E-state index in [9.17, 15) is 0 Å². The summed E-state index contributed by atoms with van der Waals surface area (Å²) in [6.07, 6.45) is 11.2. The molecule has 0 atom stereocenters. The highest BCUT2D eigenvalue weighted by Gasteiger charge is 2.40. The van der Waals surface area contributed by atoms with Crippen LogP contribution < -0.4 is 0 Å². The van der Waals surface area contributed by atoms with E-state index in [1.54, 1.807) is 0 Å². The molecule has 0 aromatic rings. The zero-order valence-electron chi connectivity index (χ0n) is 10.9. The van der Waals surface area contributed by atoms with E-state index in [4.69, 9.17) is 0 Å². The molecule has 15 heavy (non-hydrogen) atoms. The summed E-state index contributed by atoms with van der Waals surface area (Å²) in [5.74, 6) is 0. The maximum absolute atomic E-state index is 2.38. The molecule has 0 unspecified atom stereocenters. The van der Waals surface area contributed by atoms with Crippen molar-refractivity contribution in [1.82, 2.24) is 0 Å². The summed E-state index contributed by atoms with van der Waals surface area (Å²) in [4.78, 5) is 0. The second-order valence-electron chi connectivity index (χ2n) is 6.16. The van der Waals surface area contributed by atoms with Gasteiger partial charge in [0.2, 0.25) is 0 Å². The second kappa shape index (κ2) is 4.74. The van der Waals surface area contributed by atoms with Crippen molar-refractivity contribution >= 4 is 7.92 Å². The largest absolute Gasteiger partial charge is 0.0918 e. The molecule has 0 nitrogen and oxygen atoms in total. The molecule has 1 fully saturated rings. The average molecular weight is 223 g/mol. The van der Waals surface area contributed by atoms with Gasteiger partial charge in [-0.15, -0.1) is 0 Å². The van der Waals surface area contributed by atoms with E-state index in [0.29, 0.717) is 16.0 Å². The van der Waals surface area contributed by atoms with Gasteiger partial charge in [0.15, 0.2) is 0 Å². The van der Waals surface area contributed by atoms with Crippen LogP contribution in [-0.2, 0) is 0 Å². The Bertz CT molecular complexity index is 174. The molecule has 5 radical (unpaired) electrons. The number of hydrogen-bond acceptors (Lipinski definition) is 0. The van der Waals surface area contributed by atoms with E-state index >= 15 is 0 Å². The zero-order valence-corrected chi connectivity index (χ0v) is 11.8. The smallest absolute Gasteiger partial charge is 0.0131 e. The van der Waals surface area contributed by atoms with Crippen LogP contribution in [0.25, 0.3) is 0 Å². The van der Waals surface area contributed by atoms with Gasteiger partial charge in [0.1, 0.15) is 0 Å². The lowest BCUT2D eigenvalue weighted by atomic mass is 10.0. The molecule has 1 heteroatoms. The Labute approximate surface area is 98.0 Å². The van der Waals surface area contributed by atoms with Gasteiger partial charge >= 0.3 is 0 Å². The summed E-state index contributed by atoms with van der Waals surface area (Å²) in [5.41, 5.74) is 0.644. The Balaban J connectivity index is 2.80. The van der Waals surface area contributed by atoms with Crippen LogP contribution in [-0.4, -0.2) is 16.0 Å². The van der Waals surface area contributed by atoms with Crippen LogP contribution in [0.3, 0.4) is 0 Å². The fourth-order valence-corrected chi connectivity index (χ4v) is 6.90. The van der Waals surface area contributed by atoms with Gasteiger partial charge in [-0.05, 0) is 48.1 Å². The quantitative estimate of drug-likeness (QED) is 0.575. The van der Waals surface area contributed by atoms with Crippen molar-refractivity contribution in [2.45, 2.75) is 57.5 Å². The van der Waals surface area contributed by atoms with Gasteiger partial charge in [0.05, 0.1) is 0 Å². The fraction of sp³-hybridized carbons (Fsp3) is 0.643. The molecule has 0 aromatic carbocycles. The second-order valence-corrected chi connectivity index (χ2v) is 10.2. The van der Waals surface area contributed by atoms with Crippen LogP contribution in [0.4, 0.5) is 0 Å². The SMILES string of the molecule is CC(C)(C)P(C1[CH][CH][CH][CH][CH]1)C(C)(C)C. The molecule has 0 saturated heterocycles. The minimum absolute atomic E-state index is 0.0545. The molecule has 0 amide bonds. The molecule has 1 aliphatic rings. The highest BCUT2D eigenvalue weighted by atomic mass is 31.1. The normalized spacial score (nSPS) is 21.0. The van der Waals surface area contributed by atoms with E-state index in [0.717, 1.165) is 0 Å². The molecule has 1 aliphatic carbocycles. The number of hydrogen-bond donors (Lipinski definition) is 0. The van der Waals surface area contributed by atoms with Gasteiger partial charge in [-0.25, -0.2) is 0 Å². The van der Waals surface area contributed by atoms with E-state index in [2.05, 4.69) is 73.6 Å². The van der Waals surface area contributed by atoms with Crippen LogP contribution >= 0.6 is 7.92 Å². The Hall–Kier alpha value is 0.430. The Morgan fingerprint density at radius 2 is 1.13 bits per heavy atom. The lowest BCUT2D eigenvalue weighted by molar-refractivity contribution is 0.695. The first-order valence-corrected chi connectivity index (χ1v) is 7.12. The molecule has 0 aromatic heterocycles. The van der Waals surface area contributed by atoms with Crippen molar-refractivity contribution < 1.29 is 0 Å². The average Bonchev–Trinajstić information content (AvgIpc) is 2.00. The van der Waals surface area contributed by atoms with Gasteiger partial charge in [0.25, 0.3) is 0 Å². The topological polar surface area (TPSA) is 0 Å². The molecule has 0 heterocycles. The Kier molecular flexibility index (Phi) is 4.27. The molecular formula is C14H24P.